The first kappa shape index (κ1) is 19.3. The van der Waals surface area contributed by atoms with Crippen LogP contribution in [0.25, 0.3) is 11.1 Å². The fraction of sp³-hybridized carbons (Fsp3) is 0.286. The molecule has 4 rings (SSSR count). The summed E-state index contributed by atoms with van der Waals surface area (Å²) in [6.07, 6.45) is -0.936. The molecule has 1 saturated heterocycles. The summed E-state index contributed by atoms with van der Waals surface area (Å²) in [6.45, 7) is 1.32. The van der Waals surface area contributed by atoms with Crippen molar-refractivity contribution in [3.8, 4) is 11.1 Å². The minimum Gasteiger partial charge on any atom is -0.480 e. The summed E-state index contributed by atoms with van der Waals surface area (Å²) in [5, 5.41) is 19.0. The minimum atomic E-state index is -1.69. The third kappa shape index (κ3) is 3.04. The highest BCUT2D eigenvalue weighted by Gasteiger charge is 2.55. The van der Waals surface area contributed by atoms with E-state index >= 15 is 0 Å². The Bertz CT molecular complexity index is 963. The SMILES string of the molecule is CC1(C(=O)O)SC[C@@H](C(=O)O)N1C(=O)OCC1c2ccccc2-c2ccccc21. The third-order valence-corrected chi connectivity index (χ3v) is 6.92. The largest absolute Gasteiger partial charge is 0.480 e. The zero-order valence-corrected chi connectivity index (χ0v) is 16.4. The fourth-order valence-electron chi connectivity index (χ4n) is 3.99. The number of carbonyl (C=O) groups is 3. The van der Waals surface area contributed by atoms with E-state index in [4.69, 9.17) is 4.74 Å². The Morgan fingerprint density at radius 3 is 2.14 bits per heavy atom. The van der Waals surface area contributed by atoms with E-state index in [1.165, 1.54) is 6.92 Å². The van der Waals surface area contributed by atoms with Crippen LogP contribution in [0.2, 0.25) is 0 Å². The van der Waals surface area contributed by atoms with Gasteiger partial charge in [-0.3, -0.25) is 4.90 Å². The number of amides is 1. The van der Waals surface area contributed by atoms with Crippen LogP contribution < -0.4 is 0 Å². The molecule has 2 atom stereocenters. The lowest BCUT2D eigenvalue weighted by molar-refractivity contribution is -0.148. The first-order valence-electron chi connectivity index (χ1n) is 9.09. The number of carboxylic acids is 2. The van der Waals surface area contributed by atoms with Crippen LogP contribution in [-0.4, -0.2) is 56.4 Å². The van der Waals surface area contributed by atoms with Gasteiger partial charge in [0.2, 0.25) is 0 Å². The Hall–Kier alpha value is -3.00. The lowest BCUT2D eigenvalue weighted by atomic mass is 9.98. The molecule has 2 N–H and O–H groups in total. The minimum absolute atomic E-state index is 0.00390. The molecule has 0 aromatic heterocycles. The van der Waals surface area contributed by atoms with Crippen molar-refractivity contribution in [2.45, 2.75) is 23.8 Å². The van der Waals surface area contributed by atoms with Gasteiger partial charge in [-0.2, -0.15) is 0 Å². The van der Waals surface area contributed by atoms with Gasteiger partial charge in [0.05, 0.1) is 0 Å². The number of aliphatic carboxylic acids is 2. The summed E-state index contributed by atoms with van der Waals surface area (Å²) < 4.78 is 5.50. The van der Waals surface area contributed by atoms with E-state index in [-0.39, 0.29) is 18.3 Å². The average molecular weight is 413 g/mol. The normalized spacial score (nSPS) is 22.8. The van der Waals surface area contributed by atoms with Crippen molar-refractivity contribution in [3.63, 3.8) is 0 Å². The Morgan fingerprint density at radius 1 is 1.07 bits per heavy atom. The number of carbonyl (C=O) groups excluding carboxylic acids is 1. The molecule has 0 saturated carbocycles. The predicted molar refractivity (Wildman–Crippen MR) is 107 cm³/mol. The molecule has 1 aliphatic heterocycles. The zero-order valence-electron chi connectivity index (χ0n) is 15.6. The highest BCUT2D eigenvalue weighted by Crippen LogP contribution is 2.45. The predicted octanol–water partition coefficient (Wildman–Crippen LogP) is 3.24. The van der Waals surface area contributed by atoms with Gasteiger partial charge in [0.15, 0.2) is 4.87 Å². The smallest absolute Gasteiger partial charge is 0.412 e. The number of hydrogen-bond donors (Lipinski definition) is 2. The van der Waals surface area contributed by atoms with Gasteiger partial charge in [0.1, 0.15) is 12.6 Å². The third-order valence-electron chi connectivity index (χ3n) is 5.51. The maximum atomic E-state index is 12.8. The second kappa shape index (κ2) is 7.11. The van der Waals surface area contributed by atoms with Crippen molar-refractivity contribution in [1.29, 1.82) is 0 Å². The molecule has 1 unspecified atom stereocenters. The number of ether oxygens (including phenoxy) is 1. The van der Waals surface area contributed by atoms with E-state index in [2.05, 4.69) is 0 Å². The van der Waals surface area contributed by atoms with Crippen molar-refractivity contribution in [2.75, 3.05) is 12.4 Å². The van der Waals surface area contributed by atoms with Crippen LogP contribution in [0.15, 0.2) is 48.5 Å². The Balaban J connectivity index is 1.59. The molecular weight excluding hydrogens is 394 g/mol. The van der Waals surface area contributed by atoms with Gasteiger partial charge in [-0.05, 0) is 29.2 Å². The van der Waals surface area contributed by atoms with Gasteiger partial charge >= 0.3 is 18.0 Å². The molecule has 2 aromatic carbocycles. The summed E-state index contributed by atoms with van der Waals surface area (Å²) in [7, 11) is 0. The quantitative estimate of drug-likeness (QED) is 0.793. The van der Waals surface area contributed by atoms with Crippen molar-refractivity contribution in [3.05, 3.63) is 59.7 Å². The molecule has 1 aliphatic carbocycles. The standard InChI is InChI=1S/C21H19NO6S/c1-21(19(25)26)22(17(11-29-21)18(23)24)20(27)28-10-16-14-8-4-2-6-12(14)13-7-3-5-9-15(13)16/h2-9,16-17H,10-11H2,1H3,(H,23,24)(H,25,26)/t17-,21?/m0/s1. The van der Waals surface area contributed by atoms with Gasteiger partial charge in [-0.25, -0.2) is 14.4 Å². The lowest BCUT2D eigenvalue weighted by Crippen LogP contribution is -2.55. The monoisotopic (exact) mass is 413 g/mol. The van der Waals surface area contributed by atoms with E-state index < -0.39 is 28.9 Å². The Labute approximate surface area is 171 Å². The highest BCUT2D eigenvalue weighted by atomic mass is 32.2. The van der Waals surface area contributed by atoms with Crippen LogP contribution >= 0.6 is 11.8 Å². The second-order valence-corrected chi connectivity index (χ2v) is 8.54. The highest BCUT2D eigenvalue weighted by molar-refractivity contribution is 8.01. The molecule has 1 fully saturated rings. The number of benzene rings is 2. The van der Waals surface area contributed by atoms with Crippen LogP contribution in [0.1, 0.15) is 24.0 Å². The van der Waals surface area contributed by atoms with Crippen LogP contribution in [0.3, 0.4) is 0 Å². The number of rotatable bonds is 4. The number of thioether (sulfide) groups is 1. The van der Waals surface area contributed by atoms with Crippen LogP contribution in [-0.2, 0) is 14.3 Å². The summed E-state index contributed by atoms with van der Waals surface area (Å²) >= 11 is 0.906. The van der Waals surface area contributed by atoms with Gasteiger partial charge in [-0.15, -0.1) is 11.8 Å². The molecule has 0 bridgehead atoms. The van der Waals surface area contributed by atoms with Crippen molar-refractivity contribution < 1.29 is 29.3 Å². The molecule has 29 heavy (non-hydrogen) atoms. The first-order chi connectivity index (χ1) is 13.8. The van der Waals surface area contributed by atoms with Crippen LogP contribution in [0, 0.1) is 0 Å². The first-order valence-corrected chi connectivity index (χ1v) is 10.1. The molecule has 2 aliphatic rings. The maximum Gasteiger partial charge on any atom is 0.412 e. The molecule has 2 aromatic rings. The van der Waals surface area contributed by atoms with Crippen molar-refractivity contribution >= 4 is 29.8 Å². The average Bonchev–Trinajstić information content (AvgIpc) is 3.23. The summed E-state index contributed by atoms with van der Waals surface area (Å²) in [4.78, 5) is 35.3. The van der Waals surface area contributed by atoms with E-state index in [1.807, 2.05) is 48.5 Å². The molecule has 1 heterocycles. The number of nitrogens with zero attached hydrogens (tertiary/aromatic N) is 1. The van der Waals surface area contributed by atoms with Gasteiger partial charge < -0.3 is 14.9 Å². The maximum absolute atomic E-state index is 12.8. The number of hydrogen-bond acceptors (Lipinski definition) is 5. The van der Waals surface area contributed by atoms with E-state index in [1.54, 1.807) is 0 Å². The molecule has 0 spiro atoms. The van der Waals surface area contributed by atoms with Gasteiger partial charge in [0, 0.05) is 11.7 Å². The second-order valence-electron chi connectivity index (χ2n) is 7.13. The van der Waals surface area contributed by atoms with E-state index in [0.717, 1.165) is 38.9 Å². The van der Waals surface area contributed by atoms with Crippen LogP contribution in [0.5, 0.6) is 0 Å². The summed E-state index contributed by atoms with van der Waals surface area (Å²) in [6, 6.07) is 14.4. The number of fused-ring (bicyclic) bond motifs is 3. The molecular formula is C21H19NO6S. The molecule has 1 amide bonds. The summed E-state index contributed by atoms with van der Waals surface area (Å²) in [5.74, 6) is -2.74. The van der Waals surface area contributed by atoms with Crippen molar-refractivity contribution in [1.82, 2.24) is 4.90 Å². The topological polar surface area (TPSA) is 104 Å². The van der Waals surface area contributed by atoms with Gasteiger partial charge in [0.25, 0.3) is 0 Å². The zero-order chi connectivity index (χ0) is 20.8. The fourth-order valence-corrected chi connectivity index (χ4v) is 5.23. The Morgan fingerprint density at radius 2 is 1.62 bits per heavy atom. The van der Waals surface area contributed by atoms with E-state index in [0.29, 0.717) is 0 Å². The number of carboxylic acid groups (broad SMARTS) is 2. The molecule has 7 nitrogen and oxygen atoms in total. The van der Waals surface area contributed by atoms with Gasteiger partial charge in [-0.1, -0.05) is 48.5 Å². The Kier molecular flexibility index (Phi) is 4.74. The lowest BCUT2D eigenvalue weighted by Gasteiger charge is -2.32. The molecule has 150 valence electrons. The van der Waals surface area contributed by atoms with Crippen LogP contribution in [0.4, 0.5) is 4.79 Å². The van der Waals surface area contributed by atoms with Crippen molar-refractivity contribution in [2.24, 2.45) is 0 Å². The summed E-state index contributed by atoms with van der Waals surface area (Å²) in [5.41, 5.74) is 4.18. The molecule has 8 heteroatoms. The van der Waals surface area contributed by atoms with E-state index in [9.17, 15) is 24.6 Å². The molecule has 0 radical (unpaired) electrons.